The number of likely N-dealkylation sites (N-methyl/N-ethyl adjacent to an activating group) is 1. The molecule has 0 bridgehead atoms. The lowest BCUT2D eigenvalue weighted by molar-refractivity contribution is -0.120. The number of rotatable bonds is 5. The van der Waals surface area contributed by atoms with E-state index in [1.807, 2.05) is 14.1 Å². The summed E-state index contributed by atoms with van der Waals surface area (Å²) in [5.74, 6) is 0.0958. The molecule has 0 saturated heterocycles. The van der Waals surface area contributed by atoms with Crippen molar-refractivity contribution >= 4 is 5.91 Å². The summed E-state index contributed by atoms with van der Waals surface area (Å²) in [7, 11) is 4.00. The van der Waals surface area contributed by atoms with Gasteiger partial charge in [0.2, 0.25) is 5.91 Å². The van der Waals surface area contributed by atoms with Crippen LogP contribution in [-0.2, 0) is 16.6 Å². The molecule has 0 atom stereocenters. The first-order valence-corrected chi connectivity index (χ1v) is 7.21. The zero-order valence-electron chi connectivity index (χ0n) is 13.7. The molecule has 1 N–H and O–H groups in total. The minimum absolute atomic E-state index is 0.0958. The van der Waals surface area contributed by atoms with Gasteiger partial charge < -0.3 is 10.2 Å². The van der Waals surface area contributed by atoms with Crippen LogP contribution in [-0.4, -0.2) is 38.0 Å². The molecule has 112 valence electrons. The molecule has 1 amide bonds. The van der Waals surface area contributed by atoms with Crippen LogP contribution in [0.15, 0.2) is 18.2 Å². The molecule has 0 unspecified atom stereocenters. The summed E-state index contributed by atoms with van der Waals surface area (Å²) < 4.78 is 0. The Morgan fingerprint density at radius 2 is 1.90 bits per heavy atom. The Morgan fingerprint density at radius 1 is 1.25 bits per heavy atom. The largest absolute Gasteiger partial charge is 0.355 e. The van der Waals surface area contributed by atoms with Gasteiger partial charge >= 0.3 is 0 Å². The fourth-order valence-corrected chi connectivity index (χ4v) is 2.02. The van der Waals surface area contributed by atoms with Gasteiger partial charge in [-0.05, 0) is 43.1 Å². The van der Waals surface area contributed by atoms with E-state index in [9.17, 15) is 4.79 Å². The van der Waals surface area contributed by atoms with Gasteiger partial charge in [0.15, 0.2) is 0 Å². The van der Waals surface area contributed by atoms with Crippen molar-refractivity contribution in [1.82, 2.24) is 10.2 Å². The highest BCUT2D eigenvalue weighted by atomic mass is 16.1. The highest BCUT2D eigenvalue weighted by molar-refractivity contribution is 5.78. The normalized spacial score (nSPS) is 11.8. The third kappa shape index (κ3) is 5.33. The van der Waals surface area contributed by atoms with Crippen LogP contribution in [0.5, 0.6) is 0 Å². The fourth-order valence-electron chi connectivity index (χ4n) is 2.02. The Hall–Kier alpha value is -1.35. The summed E-state index contributed by atoms with van der Waals surface area (Å²) in [6.07, 6.45) is 0.462. The van der Waals surface area contributed by atoms with Gasteiger partial charge in [0.1, 0.15) is 0 Å². The smallest absolute Gasteiger partial charge is 0.224 e. The van der Waals surface area contributed by atoms with Crippen molar-refractivity contribution in [2.45, 2.75) is 39.5 Å². The van der Waals surface area contributed by atoms with E-state index < -0.39 is 0 Å². The van der Waals surface area contributed by atoms with E-state index >= 15 is 0 Å². The predicted octanol–water partition coefficient (Wildman–Crippen LogP) is 2.51. The molecular weight excluding hydrogens is 248 g/mol. The maximum atomic E-state index is 11.9. The van der Waals surface area contributed by atoms with E-state index in [2.05, 4.69) is 56.1 Å². The monoisotopic (exact) mass is 276 g/mol. The summed E-state index contributed by atoms with van der Waals surface area (Å²) in [4.78, 5) is 14.0. The highest BCUT2D eigenvalue weighted by Gasteiger charge is 2.15. The number of aryl methyl sites for hydroxylation is 1. The number of benzene rings is 1. The quantitative estimate of drug-likeness (QED) is 0.896. The summed E-state index contributed by atoms with van der Waals surface area (Å²) in [5, 5.41) is 2.95. The number of hydrogen-bond acceptors (Lipinski definition) is 2. The second-order valence-corrected chi connectivity index (χ2v) is 6.72. The molecule has 0 heterocycles. The SMILES string of the molecule is Cc1cc(C(C)(C)C)ccc1CC(=O)NCCN(C)C. The van der Waals surface area contributed by atoms with Crippen molar-refractivity contribution in [3.05, 3.63) is 34.9 Å². The lowest BCUT2D eigenvalue weighted by Gasteiger charge is -2.20. The Morgan fingerprint density at radius 3 is 2.40 bits per heavy atom. The second-order valence-electron chi connectivity index (χ2n) is 6.72. The van der Waals surface area contributed by atoms with E-state index in [-0.39, 0.29) is 11.3 Å². The van der Waals surface area contributed by atoms with Crippen LogP contribution in [0.2, 0.25) is 0 Å². The van der Waals surface area contributed by atoms with Gasteiger partial charge in [-0.25, -0.2) is 0 Å². The molecule has 0 saturated carbocycles. The van der Waals surface area contributed by atoms with E-state index in [0.29, 0.717) is 13.0 Å². The van der Waals surface area contributed by atoms with E-state index in [4.69, 9.17) is 0 Å². The van der Waals surface area contributed by atoms with Crippen LogP contribution in [0.4, 0.5) is 0 Å². The van der Waals surface area contributed by atoms with Gasteiger partial charge in [0, 0.05) is 13.1 Å². The minimum atomic E-state index is 0.0958. The molecular formula is C17H28N2O. The van der Waals surface area contributed by atoms with E-state index in [1.165, 1.54) is 11.1 Å². The maximum Gasteiger partial charge on any atom is 0.224 e. The molecule has 0 aliphatic rings. The van der Waals surface area contributed by atoms with Gasteiger partial charge in [-0.15, -0.1) is 0 Å². The first-order valence-electron chi connectivity index (χ1n) is 7.21. The molecule has 1 aromatic rings. The molecule has 3 heteroatoms. The molecule has 1 aromatic carbocycles. The minimum Gasteiger partial charge on any atom is -0.355 e. The lowest BCUT2D eigenvalue weighted by atomic mass is 9.85. The van der Waals surface area contributed by atoms with Crippen molar-refractivity contribution in [3.63, 3.8) is 0 Å². The average molecular weight is 276 g/mol. The summed E-state index contributed by atoms with van der Waals surface area (Å²) >= 11 is 0. The van der Waals surface area contributed by atoms with E-state index in [1.54, 1.807) is 0 Å². The summed E-state index contributed by atoms with van der Waals surface area (Å²) in [6, 6.07) is 6.42. The average Bonchev–Trinajstić information content (AvgIpc) is 2.29. The molecule has 0 fully saturated rings. The summed E-state index contributed by atoms with van der Waals surface area (Å²) in [6.45, 7) is 10.3. The number of carbonyl (C=O) groups excluding carboxylic acids is 1. The van der Waals surface area contributed by atoms with Crippen LogP contribution in [0, 0.1) is 6.92 Å². The van der Waals surface area contributed by atoms with Crippen LogP contribution < -0.4 is 5.32 Å². The fraction of sp³-hybridized carbons (Fsp3) is 0.588. The molecule has 0 spiro atoms. The van der Waals surface area contributed by atoms with Crippen LogP contribution >= 0.6 is 0 Å². The highest BCUT2D eigenvalue weighted by Crippen LogP contribution is 2.24. The molecule has 0 aliphatic carbocycles. The molecule has 1 rings (SSSR count). The maximum absolute atomic E-state index is 11.9. The number of amides is 1. The Balaban J connectivity index is 2.62. The van der Waals surface area contributed by atoms with Crippen molar-refractivity contribution in [2.24, 2.45) is 0 Å². The summed E-state index contributed by atoms with van der Waals surface area (Å²) in [5.41, 5.74) is 3.77. The van der Waals surface area contributed by atoms with Gasteiger partial charge in [0.05, 0.1) is 6.42 Å². The molecule has 20 heavy (non-hydrogen) atoms. The van der Waals surface area contributed by atoms with Gasteiger partial charge in [-0.1, -0.05) is 39.0 Å². The lowest BCUT2D eigenvalue weighted by Crippen LogP contribution is -2.32. The number of nitrogens with one attached hydrogen (secondary N) is 1. The zero-order valence-corrected chi connectivity index (χ0v) is 13.7. The van der Waals surface area contributed by atoms with Gasteiger partial charge in [-0.3, -0.25) is 4.79 Å². The van der Waals surface area contributed by atoms with Crippen molar-refractivity contribution < 1.29 is 4.79 Å². The number of hydrogen-bond donors (Lipinski definition) is 1. The third-order valence-corrected chi connectivity index (χ3v) is 3.44. The molecule has 0 radical (unpaired) electrons. The Bertz CT molecular complexity index is 459. The zero-order chi connectivity index (χ0) is 15.3. The third-order valence-electron chi connectivity index (χ3n) is 3.44. The predicted molar refractivity (Wildman–Crippen MR) is 85.1 cm³/mol. The van der Waals surface area contributed by atoms with Crippen LogP contribution in [0.25, 0.3) is 0 Å². The number of carbonyl (C=O) groups is 1. The van der Waals surface area contributed by atoms with Gasteiger partial charge in [0.25, 0.3) is 0 Å². The molecule has 0 aliphatic heterocycles. The first kappa shape index (κ1) is 16.7. The van der Waals surface area contributed by atoms with E-state index in [0.717, 1.165) is 12.1 Å². The molecule has 0 aromatic heterocycles. The standard InChI is InChI=1S/C17H28N2O/c1-13-11-15(17(2,3)4)8-7-14(13)12-16(20)18-9-10-19(5)6/h7-8,11H,9-10,12H2,1-6H3,(H,18,20). The van der Waals surface area contributed by atoms with Crippen LogP contribution in [0.1, 0.15) is 37.5 Å². The number of nitrogens with zero attached hydrogens (tertiary/aromatic N) is 1. The second kappa shape index (κ2) is 6.89. The van der Waals surface area contributed by atoms with Crippen LogP contribution in [0.3, 0.4) is 0 Å². The molecule has 3 nitrogen and oxygen atoms in total. The van der Waals surface area contributed by atoms with Crippen molar-refractivity contribution in [1.29, 1.82) is 0 Å². The van der Waals surface area contributed by atoms with Crippen molar-refractivity contribution in [2.75, 3.05) is 27.2 Å². The Labute approximate surface area is 123 Å². The van der Waals surface area contributed by atoms with Gasteiger partial charge in [-0.2, -0.15) is 0 Å². The first-order chi connectivity index (χ1) is 9.20. The topological polar surface area (TPSA) is 32.3 Å². The Kier molecular flexibility index (Phi) is 5.75. The van der Waals surface area contributed by atoms with Crippen molar-refractivity contribution in [3.8, 4) is 0 Å².